The molecule has 274 valence electrons. The number of fused-ring (bicyclic) bond motifs is 9. The fraction of sp³-hybridized carbons (Fsp3) is 0. The molecule has 0 fully saturated rings. The van der Waals surface area contributed by atoms with Gasteiger partial charge in [0.1, 0.15) is 5.75 Å². The van der Waals surface area contributed by atoms with E-state index in [-0.39, 0.29) is 5.75 Å². The van der Waals surface area contributed by atoms with Crippen molar-refractivity contribution in [1.29, 1.82) is 0 Å². The Hall–Kier alpha value is -7.53. The monoisotopic (exact) mass is 768 g/mol. The zero-order chi connectivity index (χ0) is 38.7. The third-order valence-corrected chi connectivity index (χ3v) is 10.8. The highest BCUT2D eigenvalue weighted by molar-refractivity contribution is 7.74. The first kappa shape index (κ1) is 33.8. The summed E-state index contributed by atoms with van der Waals surface area (Å²) < 4.78 is 27.0. The molecule has 0 aliphatic heterocycles. The van der Waals surface area contributed by atoms with Gasteiger partial charge >= 0.3 is 11.4 Å². The second kappa shape index (κ2) is 13.6. The van der Waals surface area contributed by atoms with Crippen LogP contribution in [0.25, 0.3) is 110 Å². The van der Waals surface area contributed by atoms with Crippen molar-refractivity contribution < 1.29 is 12.9 Å². The van der Waals surface area contributed by atoms with Crippen LogP contribution in [0.15, 0.2) is 164 Å². The summed E-state index contributed by atoms with van der Waals surface area (Å²) in [6, 6.07) is 49.9. The SMILES string of the molecule is O=S(O)Oc1cc(-c2ccc3ccc4cccnc4c3n2)cc(-c2ccc3ccc4ccc(-c5cccc(-c6ccc7ccc8cccnc8c7n6)c5)nc4c3n2)c1. The summed E-state index contributed by atoms with van der Waals surface area (Å²) in [5, 5.41) is 5.90. The predicted octanol–water partition coefficient (Wildman–Crippen LogP) is 11.2. The van der Waals surface area contributed by atoms with E-state index in [2.05, 4.69) is 64.6 Å². The predicted molar refractivity (Wildman–Crippen MR) is 231 cm³/mol. The molecule has 0 aliphatic carbocycles. The van der Waals surface area contributed by atoms with Gasteiger partial charge in [-0.05, 0) is 60.7 Å². The lowest BCUT2D eigenvalue weighted by Crippen LogP contribution is -1.99. The molecule has 6 heterocycles. The average molecular weight is 769 g/mol. The van der Waals surface area contributed by atoms with Crippen LogP contribution in [0, 0.1) is 0 Å². The van der Waals surface area contributed by atoms with E-state index in [4.69, 9.17) is 24.1 Å². The second-order valence-corrected chi connectivity index (χ2v) is 14.6. The molecule has 1 N–H and O–H groups in total. The van der Waals surface area contributed by atoms with E-state index in [9.17, 15) is 8.76 Å². The first-order valence-corrected chi connectivity index (χ1v) is 19.6. The van der Waals surface area contributed by atoms with Crippen molar-refractivity contribution in [1.82, 2.24) is 29.9 Å². The Morgan fingerprint density at radius 3 is 1.14 bits per heavy atom. The number of aromatic nitrogens is 6. The van der Waals surface area contributed by atoms with Gasteiger partial charge < -0.3 is 4.18 Å². The number of hydrogen-bond acceptors (Lipinski definition) is 8. The zero-order valence-electron chi connectivity index (χ0n) is 30.4. The summed E-state index contributed by atoms with van der Waals surface area (Å²) in [6.45, 7) is 0. The van der Waals surface area contributed by atoms with Crippen LogP contribution in [0.3, 0.4) is 0 Å². The van der Waals surface area contributed by atoms with E-state index in [1.807, 2.05) is 84.9 Å². The van der Waals surface area contributed by atoms with Crippen molar-refractivity contribution in [3.8, 4) is 50.8 Å². The van der Waals surface area contributed by atoms with E-state index in [1.165, 1.54) is 0 Å². The fourth-order valence-electron chi connectivity index (χ4n) is 7.72. The summed E-state index contributed by atoms with van der Waals surface area (Å²) in [5.74, 6) is 0.205. The van der Waals surface area contributed by atoms with Gasteiger partial charge in [0.05, 0.1) is 55.9 Å². The molecule has 0 amide bonds. The van der Waals surface area contributed by atoms with E-state index >= 15 is 0 Å². The van der Waals surface area contributed by atoms with Gasteiger partial charge in [0.15, 0.2) is 0 Å². The first-order valence-electron chi connectivity index (χ1n) is 18.6. The first-order chi connectivity index (χ1) is 28.5. The van der Waals surface area contributed by atoms with Gasteiger partial charge in [0.25, 0.3) is 0 Å². The van der Waals surface area contributed by atoms with Crippen molar-refractivity contribution >= 4 is 76.8 Å². The van der Waals surface area contributed by atoms with Crippen LogP contribution in [-0.4, -0.2) is 38.7 Å². The lowest BCUT2D eigenvalue weighted by molar-refractivity contribution is 0.458. The zero-order valence-corrected chi connectivity index (χ0v) is 31.3. The van der Waals surface area contributed by atoms with Gasteiger partial charge in [0.2, 0.25) is 0 Å². The van der Waals surface area contributed by atoms with Gasteiger partial charge in [-0.25, -0.2) is 19.9 Å². The highest BCUT2D eigenvalue weighted by Crippen LogP contribution is 2.35. The molecule has 5 aromatic carbocycles. The Labute approximate surface area is 333 Å². The summed E-state index contributed by atoms with van der Waals surface area (Å²) in [5.41, 5.74) is 11.0. The van der Waals surface area contributed by atoms with Crippen LogP contribution >= 0.6 is 0 Å². The molecule has 0 spiro atoms. The molecular formula is C48H28N6O3S. The van der Waals surface area contributed by atoms with Crippen LogP contribution in [0.5, 0.6) is 5.75 Å². The molecule has 0 radical (unpaired) electrons. The molecule has 1 unspecified atom stereocenters. The molecule has 0 saturated carbocycles. The molecule has 11 rings (SSSR count). The normalized spacial score (nSPS) is 12.2. The number of benzene rings is 5. The average Bonchev–Trinajstić information content (AvgIpc) is 3.28. The maximum atomic E-state index is 11.9. The Balaban J connectivity index is 1.01. The van der Waals surface area contributed by atoms with Gasteiger partial charge in [-0.1, -0.05) is 91.0 Å². The molecule has 1 atom stereocenters. The van der Waals surface area contributed by atoms with E-state index < -0.39 is 11.4 Å². The van der Waals surface area contributed by atoms with Crippen molar-refractivity contribution in [2.45, 2.75) is 0 Å². The minimum absolute atomic E-state index is 0.205. The molecule has 58 heavy (non-hydrogen) atoms. The van der Waals surface area contributed by atoms with Crippen molar-refractivity contribution in [2.24, 2.45) is 0 Å². The lowest BCUT2D eigenvalue weighted by atomic mass is 10.0. The van der Waals surface area contributed by atoms with Gasteiger partial charge in [-0.2, -0.15) is 4.21 Å². The Morgan fingerprint density at radius 1 is 0.379 bits per heavy atom. The van der Waals surface area contributed by atoms with Crippen molar-refractivity contribution in [3.63, 3.8) is 0 Å². The third kappa shape index (κ3) is 5.95. The summed E-state index contributed by atoms with van der Waals surface area (Å²) >= 11 is -2.54. The summed E-state index contributed by atoms with van der Waals surface area (Å²) in [4.78, 5) is 29.7. The molecule has 0 bridgehead atoms. The highest BCUT2D eigenvalue weighted by Gasteiger charge is 2.15. The van der Waals surface area contributed by atoms with Crippen LogP contribution in [0.1, 0.15) is 0 Å². The molecule has 0 aliphatic rings. The molecule has 10 heteroatoms. The molecule has 6 aromatic heterocycles. The Kier molecular flexibility index (Phi) is 7.92. The van der Waals surface area contributed by atoms with Gasteiger partial charge in [-0.3, -0.25) is 14.5 Å². The number of pyridine rings is 6. The van der Waals surface area contributed by atoms with E-state index in [0.717, 1.165) is 87.9 Å². The maximum absolute atomic E-state index is 11.9. The van der Waals surface area contributed by atoms with Crippen molar-refractivity contribution in [3.05, 3.63) is 164 Å². The standard InChI is InChI=1S/C48H28N6O3S/c55-58(56)57-38-26-36(41-20-16-31-11-9-29-7-3-23-50-44(29)46(31)53-41)25-37(27-38)42-21-17-33-13-12-32-15-19-40(52-47(32)48(33)54-42)35-5-1-4-34(24-35)39-18-14-30-10-8-28-6-2-22-49-43(28)45(30)51-39/h1-27H,(H,55,56). The smallest absolute Gasteiger partial charge is 0.357 e. The highest BCUT2D eigenvalue weighted by atomic mass is 32.2. The van der Waals surface area contributed by atoms with E-state index in [0.29, 0.717) is 22.5 Å². The van der Waals surface area contributed by atoms with Gasteiger partial charge in [0, 0.05) is 67.0 Å². The van der Waals surface area contributed by atoms with Crippen LogP contribution < -0.4 is 4.18 Å². The lowest BCUT2D eigenvalue weighted by Gasteiger charge is -2.12. The van der Waals surface area contributed by atoms with E-state index in [1.54, 1.807) is 24.5 Å². The third-order valence-electron chi connectivity index (χ3n) is 10.5. The number of rotatable bonds is 6. The maximum Gasteiger partial charge on any atom is 0.357 e. The van der Waals surface area contributed by atoms with Crippen LogP contribution in [0.2, 0.25) is 0 Å². The minimum Gasteiger partial charge on any atom is -0.380 e. The quantitative estimate of drug-likeness (QED) is 0.130. The molecular weight excluding hydrogens is 741 g/mol. The minimum atomic E-state index is -2.54. The van der Waals surface area contributed by atoms with Gasteiger partial charge in [-0.15, -0.1) is 0 Å². The molecule has 9 nitrogen and oxygen atoms in total. The Bertz CT molecular complexity index is 3500. The van der Waals surface area contributed by atoms with Crippen molar-refractivity contribution in [2.75, 3.05) is 0 Å². The van der Waals surface area contributed by atoms with Crippen LogP contribution in [0.4, 0.5) is 0 Å². The summed E-state index contributed by atoms with van der Waals surface area (Å²) in [7, 11) is 0. The molecule has 11 aromatic rings. The largest absolute Gasteiger partial charge is 0.380 e. The number of nitrogens with zero attached hydrogens (tertiary/aromatic N) is 6. The Morgan fingerprint density at radius 2 is 0.724 bits per heavy atom. The fourth-order valence-corrected chi connectivity index (χ4v) is 7.98. The second-order valence-electron chi connectivity index (χ2n) is 14.0. The topological polar surface area (TPSA) is 124 Å². The molecule has 0 saturated heterocycles. The van der Waals surface area contributed by atoms with Crippen LogP contribution in [-0.2, 0) is 11.4 Å². The summed E-state index contributed by atoms with van der Waals surface area (Å²) in [6.07, 6.45) is 3.56. The number of hydrogen-bond donors (Lipinski definition) is 1.